The van der Waals surface area contributed by atoms with E-state index in [0.29, 0.717) is 16.9 Å². The zero-order valence-corrected chi connectivity index (χ0v) is 23.3. The number of carbonyl (C=O) groups is 3. The van der Waals surface area contributed by atoms with Crippen molar-refractivity contribution >= 4 is 36.1 Å². The first-order chi connectivity index (χ1) is 19.6. The number of pyridine rings is 1. The van der Waals surface area contributed by atoms with Crippen LogP contribution in [0.3, 0.4) is 0 Å². The predicted molar refractivity (Wildman–Crippen MR) is 146 cm³/mol. The minimum Gasteiger partial charge on any atom is -0.494 e. The fourth-order valence-corrected chi connectivity index (χ4v) is 5.26. The van der Waals surface area contributed by atoms with Crippen LogP contribution in [0, 0.1) is 6.92 Å². The van der Waals surface area contributed by atoms with Crippen molar-refractivity contribution in [3.63, 3.8) is 0 Å². The van der Waals surface area contributed by atoms with Crippen LogP contribution < -0.4 is 4.74 Å². The molecule has 3 aromatic heterocycles. The van der Waals surface area contributed by atoms with Gasteiger partial charge in [0.2, 0.25) is 0 Å². The number of hydrogen-bond acceptors (Lipinski definition) is 8. The normalized spacial score (nSPS) is 14.0. The standard InChI is InChI=1S/C26H28N7O7P/c1-17-28-16-33(29-17)24-22-21(20(40-2)14-27-24)19(15-32(22)12-13-41(37,38)39)23(34)26(36)31-10-8-30(9-11-31)25(35)18-6-4-3-5-7-18/h3-7,14-16H,8-13H2,1-2H3,(H2,37,38,39). The van der Waals surface area contributed by atoms with Crippen molar-refractivity contribution in [1.82, 2.24) is 34.1 Å². The van der Waals surface area contributed by atoms with Gasteiger partial charge in [0.05, 0.1) is 35.9 Å². The van der Waals surface area contributed by atoms with Gasteiger partial charge < -0.3 is 28.9 Å². The first kappa shape index (κ1) is 28.1. The van der Waals surface area contributed by atoms with Crippen molar-refractivity contribution in [2.24, 2.45) is 0 Å². The van der Waals surface area contributed by atoms with Gasteiger partial charge in [-0.25, -0.2) is 14.6 Å². The van der Waals surface area contributed by atoms with Crippen LogP contribution in [-0.4, -0.2) is 101 Å². The number of aromatic nitrogens is 5. The van der Waals surface area contributed by atoms with E-state index in [4.69, 9.17) is 4.74 Å². The Bertz CT molecular complexity index is 1670. The average Bonchev–Trinajstić information content (AvgIpc) is 3.58. The van der Waals surface area contributed by atoms with Crippen molar-refractivity contribution in [1.29, 1.82) is 0 Å². The van der Waals surface area contributed by atoms with Crippen LogP contribution >= 0.6 is 7.60 Å². The van der Waals surface area contributed by atoms with Gasteiger partial charge >= 0.3 is 7.60 Å². The highest BCUT2D eigenvalue weighted by Gasteiger charge is 2.32. The zero-order chi connectivity index (χ0) is 29.3. The largest absolute Gasteiger partial charge is 0.494 e. The number of nitrogens with zero attached hydrogens (tertiary/aromatic N) is 7. The lowest BCUT2D eigenvalue weighted by atomic mass is 10.1. The third-order valence-electron chi connectivity index (χ3n) is 6.83. The van der Waals surface area contributed by atoms with E-state index in [2.05, 4.69) is 15.1 Å². The molecule has 2 amide bonds. The zero-order valence-electron chi connectivity index (χ0n) is 22.4. The summed E-state index contributed by atoms with van der Waals surface area (Å²) in [6.45, 7) is 2.38. The van der Waals surface area contributed by atoms with Crippen molar-refractivity contribution in [2.75, 3.05) is 39.5 Å². The van der Waals surface area contributed by atoms with Gasteiger partial charge in [0, 0.05) is 44.5 Å². The molecule has 4 aromatic rings. The monoisotopic (exact) mass is 581 g/mol. The van der Waals surface area contributed by atoms with Crippen LogP contribution in [0.15, 0.2) is 49.1 Å². The van der Waals surface area contributed by atoms with E-state index < -0.39 is 25.4 Å². The lowest BCUT2D eigenvalue weighted by Crippen LogP contribution is -2.52. The molecule has 4 heterocycles. The lowest BCUT2D eigenvalue weighted by Gasteiger charge is -2.34. The highest BCUT2D eigenvalue weighted by Crippen LogP contribution is 2.37. The quantitative estimate of drug-likeness (QED) is 0.175. The predicted octanol–water partition coefficient (Wildman–Crippen LogP) is 1.28. The summed E-state index contributed by atoms with van der Waals surface area (Å²) >= 11 is 0. The van der Waals surface area contributed by atoms with E-state index >= 15 is 0 Å². The Morgan fingerprint density at radius 1 is 1.02 bits per heavy atom. The number of rotatable bonds is 8. The maximum atomic E-state index is 13.7. The molecule has 0 saturated carbocycles. The Balaban J connectivity index is 1.47. The Morgan fingerprint density at radius 2 is 1.71 bits per heavy atom. The molecule has 14 nitrogen and oxygen atoms in total. The Kier molecular flexibility index (Phi) is 7.72. The van der Waals surface area contributed by atoms with Gasteiger partial charge in [-0.3, -0.25) is 18.9 Å². The summed E-state index contributed by atoms with van der Waals surface area (Å²) in [6.07, 6.45) is 3.68. The van der Waals surface area contributed by atoms with E-state index in [9.17, 15) is 28.7 Å². The molecular formula is C26H28N7O7P. The Hall–Kier alpha value is -4.39. The number of methoxy groups -OCH3 is 1. The molecule has 15 heteroatoms. The number of Topliss-reactive ketones (excluding diaryl/α,β-unsaturated/α-hetero) is 1. The minimum absolute atomic E-state index is 0.00385. The van der Waals surface area contributed by atoms with Gasteiger partial charge in [-0.15, -0.1) is 0 Å². The SMILES string of the molecule is COc1cnc(-n2cnc(C)n2)c2c1c(C(=O)C(=O)N1CCN(C(=O)c3ccccc3)CC1)cn2CCP(=O)(O)O. The topological polar surface area (TPSA) is 173 Å². The van der Waals surface area contributed by atoms with E-state index in [1.807, 2.05) is 6.07 Å². The molecule has 1 saturated heterocycles. The molecule has 0 unspecified atom stereocenters. The summed E-state index contributed by atoms with van der Waals surface area (Å²) in [4.78, 5) is 70.5. The van der Waals surface area contributed by atoms with Crippen LogP contribution in [0.25, 0.3) is 16.7 Å². The number of amides is 2. The fourth-order valence-electron chi connectivity index (χ4n) is 4.78. The average molecular weight is 582 g/mol. The molecule has 0 aliphatic carbocycles. The second-order valence-electron chi connectivity index (χ2n) is 9.51. The maximum Gasteiger partial charge on any atom is 0.327 e. The molecule has 0 spiro atoms. The smallest absolute Gasteiger partial charge is 0.327 e. The van der Waals surface area contributed by atoms with E-state index in [0.717, 1.165) is 0 Å². The van der Waals surface area contributed by atoms with E-state index in [-0.39, 0.29) is 61.1 Å². The summed E-state index contributed by atoms with van der Waals surface area (Å²) < 4.78 is 20.0. The molecule has 1 aromatic carbocycles. The van der Waals surface area contributed by atoms with Crippen LogP contribution in [0.2, 0.25) is 0 Å². The molecule has 2 N–H and O–H groups in total. The second kappa shape index (κ2) is 11.2. The van der Waals surface area contributed by atoms with Crippen molar-refractivity contribution in [3.05, 3.63) is 66.0 Å². The van der Waals surface area contributed by atoms with E-state index in [1.54, 1.807) is 36.1 Å². The van der Waals surface area contributed by atoms with Crippen molar-refractivity contribution in [3.8, 4) is 11.6 Å². The third-order valence-corrected chi connectivity index (χ3v) is 7.61. The number of aryl methyl sites for hydroxylation is 2. The first-order valence-corrected chi connectivity index (χ1v) is 14.5. The summed E-state index contributed by atoms with van der Waals surface area (Å²) in [5.41, 5.74) is 0.846. The number of benzene rings is 1. The second-order valence-corrected chi connectivity index (χ2v) is 11.3. The van der Waals surface area contributed by atoms with Gasteiger partial charge in [0.15, 0.2) is 5.82 Å². The summed E-state index contributed by atoms with van der Waals surface area (Å²) in [5.74, 6) is -0.830. The van der Waals surface area contributed by atoms with Gasteiger partial charge in [-0.05, 0) is 19.1 Å². The third kappa shape index (κ3) is 5.75. The van der Waals surface area contributed by atoms with Crippen molar-refractivity contribution < 1.29 is 33.5 Å². The molecular weight excluding hydrogens is 553 g/mol. The summed E-state index contributed by atoms with van der Waals surface area (Å²) in [6, 6.07) is 8.83. The minimum atomic E-state index is -4.40. The lowest BCUT2D eigenvalue weighted by molar-refractivity contribution is -0.127. The molecule has 5 rings (SSSR count). The Labute approximate surface area is 234 Å². The van der Waals surface area contributed by atoms with Gasteiger partial charge in [0.25, 0.3) is 17.6 Å². The maximum absolute atomic E-state index is 13.7. The highest BCUT2D eigenvalue weighted by atomic mass is 31.2. The summed E-state index contributed by atoms with van der Waals surface area (Å²) in [7, 11) is -3.01. The number of fused-ring (bicyclic) bond motifs is 1. The molecule has 0 bridgehead atoms. The van der Waals surface area contributed by atoms with Crippen LogP contribution in [-0.2, 0) is 15.9 Å². The molecule has 1 aliphatic rings. The highest BCUT2D eigenvalue weighted by molar-refractivity contribution is 7.51. The fraction of sp³-hybridized carbons (Fsp3) is 0.308. The van der Waals surface area contributed by atoms with E-state index in [1.165, 1.54) is 40.0 Å². The number of piperazine rings is 1. The number of carbonyl (C=O) groups excluding carboxylic acids is 3. The first-order valence-electron chi connectivity index (χ1n) is 12.7. The molecule has 1 aliphatic heterocycles. The van der Waals surface area contributed by atoms with Gasteiger partial charge in [-0.1, -0.05) is 18.2 Å². The van der Waals surface area contributed by atoms with Crippen LogP contribution in [0.4, 0.5) is 0 Å². The summed E-state index contributed by atoms with van der Waals surface area (Å²) in [5, 5.41) is 4.54. The Morgan fingerprint density at radius 3 is 2.32 bits per heavy atom. The van der Waals surface area contributed by atoms with Crippen LogP contribution in [0.1, 0.15) is 26.5 Å². The van der Waals surface area contributed by atoms with Crippen molar-refractivity contribution in [2.45, 2.75) is 13.5 Å². The van der Waals surface area contributed by atoms with Gasteiger partial charge in [-0.2, -0.15) is 5.10 Å². The molecule has 214 valence electrons. The number of ketones is 1. The van der Waals surface area contributed by atoms with Gasteiger partial charge in [0.1, 0.15) is 17.9 Å². The molecule has 1 fully saturated rings. The number of ether oxygens (including phenoxy) is 1. The van der Waals surface area contributed by atoms with Crippen LogP contribution in [0.5, 0.6) is 5.75 Å². The number of hydrogen-bond donors (Lipinski definition) is 2. The molecule has 0 radical (unpaired) electrons. The molecule has 41 heavy (non-hydrogen) atoms. The molecule has 0 atom stereocenters.